The maximum Gasteiger partial charge on any atom is 0.330 e. The number of hydrogen-bond acceptors (Lipinski definition) is 18. The van der Waals surface area contributed by atoms with Gasteiger partial charge >= 0.3 is 5.97 Å². The highest BCUT2D eigenvalue weighted by Crippen LogP contribution is 2.40. The molecule has 6 rings (SSSR count). The van der Waals surface area contributed by atoms with Gasteiger partial charge in [0.1, 0.15) is 71.4 Å². The number of aliphatic hydroxyl groups excluding tert-OH is 5. The van der Waals surface area contributed by atoms with Crippen molar-refractivity contribution < 1.29 is 84.0 Å². The third-order valence-electron chi connectivity index (χ3n) is 8.83. The van der Waals surface area contributed by atoms with Gasteiger partial charge in [-0.15, -0.1) is 0 Å². The molecule has 0 saturated carbocycles. The standard InChI is InChI=1S/C36H36O18/c1-14-26(43)29(46)31(48)35(50-14)54-34-30(47)27(44)23(13-49-24(42)9-4-15-2-6-17(37)7-3-15)52-36(34)53-33-28(45)25-21(41)11-18(38)12-22(25)51-32(33)16-5-8-19(39)20(40)10-16/h2-12,14,23,26-27,29-31,34-41,43-44,46-48H,13H2,1H3. The topological polar surface area (TPSA) is 296 Å². The minimum atomic E-state index is -2.02. The predicted octanol–water partition coefficient (Wildman–Crippen LogP) is 0.283. The summed E-state index contributed by atoms with van der Waals surface area (Å²) in [5.74, 6) is -4.52. The number of phenols is 5. The number of fused-ring (bicyclic) bond motifs is 1. The summed E-state index contributed by atoms with van der Waals surface area (Å²) in [6.07, 6.45) is -15.1. The van der Waals surface area contributed by atoms with Crippen molar-refractivity contribution in [3.05, 3.63) is 76.5 Å². The van der Waals surface area contributed by atoms with Gasteiger partial charge < -0.3 is 79.2 Å². The molecule has 0 radical (unpaired) electrons. The summed E-state index contributed by atoms with van der Waals surface area (Å²) in [5.41, 5.74) is -0.970. The van der Waals surface area contributed by atoms with Gasteiger partial charge in [0.15, 0.2) is 29.7 Å². The Bertz CT molecular complexity index is 2080. The molecule has 2 fully saturated rings. The Morgan fingerprint density at radius 3 is 2.19 bits per heavy atom. The summed E-state index contributed by atoms with van der Waals surface area (Å²) in [5, 5.41) is 104. The Morgan fingerprint density at radius 1 is 0.759 bits per heavy atom. The second-order valence-electron chi connectivity index (χ2n) is 12.6. The van der Waals surface area contributed by atoms with Gasteiger partial charge in [-0.3, -0.25) is 4.79 Å². The van der Waals surface area contributed by atoms with Gasteiger partial charge in [-0.1, -0.05) is 12.1 Å². The molecule has 4 aromatic rings. The Kier molecular flexibility index (Phi) is 11.0. The van der Waals surface area contributed by atoms with Crippen LogP contribution in [0.2, 0.25) is 0 Å². The molecule has 0 spiro atoms. The normalized spacial score (nSPS) is 28.6. The van der Waals surface area contributed by atoms with Crippen LogP contribution in [0.25, 0.3) is 28.4 Å². The van der Waals surface area contributed by atoms with Crippen LogP contribution in [0.1, 0.15) is 12.5 Å². The molecular weight excluding hydrogens is 720 g/mol. The van der Waals surface area contributed by atoms with Crippen LogP contribution in [-0.4, -0.2) is 125 Å². The third-order valence-corrected chi connectivity index (χ3v) is 8.83. The molecule has 18 nitrogen and oxygen atoms in total. The van der Waals surface area contributed by atoms with Crippen LogP contribution >= 0.6 is 0 Å². The van der Waals surface area contributed by atoms with Gasteiger partial charge in [0, 0.05) is 23.8 Å². The number of phenolic OH excluding ortho intramolecular Hbond substituents is 5. The minimum Gasteiger partial charge on any atom is -0.508 e. The molecule has 10 unspecified atom stereocenters. The number of carbonyl (C=O) groups is 1. The molecule has 3 aromatic carbocycles. The molecule has 2 saturated heterocycles. The first-order chi connectivity index (χ1) is 25.6. The van der Waals surface area contributed by atoms with Crippen molar-refractivity contribution in [2.75, 3.05) is 6.61 Å². The molecule has 54 heavy (non-hydrogen) atoms. The van der Waals surface area contributed by atoms with Crippen LogP contribution in [0.3, 0.4) is 0 Å². The quantitative estimate of drug-likeness (QED) is 0.0623. The summed E-state index contributed by atoms with van der Waals surface area (Å²) in [7, 11) is 0. The van der Waals surface area contributed by atoms with Crippen molar-refractivity contribution in [1.82, 2.24) is 0 Å². The van der Waals surface area contributed by atoms with Gasteiger partial charge in [-0.05, 0) is 48.9 Å². The molecule has 0 aliphatic carbocycles. The molecule has 288 valence electrons. The molecular formula is C36H36O18. The van der Waals surface area contributed by atoms with Crippen LogP contribution in [0.5, 0.6) is 34.5 Å². The zero-order valence-electron chi connectivity index (χ0n) is 28.1. The Balaban J connectivity index is 1.37. The first-order valence-corrected chi connectivity index (χ1v) is 16.3. The molecule has 0 amide bonds. The van der Waals surface area contributed by atoms with Crippen LogP contribution in [0.15, 0.2) is 69.9 Å². The van der Waals surface area contributed by atoms with Crippen LogP contribution in [-0.2, 0) is 23.7 Å². The van der Waals surface area contributed by atoms with E-state index in [4.69, 9.17) is 28.1 Å². The lowest BCUT2D eigenvalue weighted by Crippen LogP contribution is -2.64. The van der Waals surface area contributed by atoms with Crippen LogP contribution < -0.4 is 10.2 Å². The smallest absolute Gasteiger partial charge is 0.330 e. The van der Waals surface area contributed by atoms with Crippen molar-refractivity contribution in [3.63, 3.8) is 0 Å². The van der Waals surface area contributed by atoms with E-state index in [0.717, 1.165) is 30.3 Å². The second-order valence-corrected chi connectivity index (χ2v) is 12.6. The average Bonchev–Trinajstić information content (AvgIpc) is 3.13. The molecule has 18 heteroatoms. The molecule has 3 heterocycles. The summed E-state index contributed by atoms with van der Waals surface area (Å²) in [4.78, 5) is 26.6. The van der Waals surface area contributed by atoms with E-state index >= 15 is 0 Å². The maximum atomic E-state index is 14.0. The number of hydrogen-bond donors (Lipinski definition) is 10. The van der Waals surface area contributed by atoms with Crippen molar-refractivity contribution >= 4 is 23.0 Å². The molecule has 10 atom stereocenters. The van der Waals surface area contributed by atoms with Crippen LogP contribution in [0, 0.1) is 0 Å². The number of carbonyl (C=O) groups excluding carboxylic acids is 1. The summed E-state index contributed by atoms with van der Waals surface area (Å²) >= 11 is 0. The number of ether oxygens (including phenoxy) is 5. The van der Waals surface area contributed by atoms with Crippen molar-refractivity contribution in [2.24, 2.45) is 0 Å². The maximum absolute atomic E-state index is 14.0. The number of rotatable bonds is 9. The second kappa shape index (κ2) is 15.5. The Labute approximate surface area is 304 Å². The highest BCUT2D eigenvalue weighted by molar-refractivity contribution is 5.88. The monoisotopic (exact) mass is 756 g/mol. The highest BCUT2D eigenvalue weighted by Gasteiger charge is 2.51. The molecule has 2 aliphatic heterocycles. The van der Waals surface area contributed by atoms with Crippen molar-refractivity contribution in [2.45, 2.75) is 68.3 Å². The zero-order valence-corrected chi connectivity index (χ0v) is 28.1. The Morgan fingerprint density at radius 2 is 1.48 bits per heavy atom. The summed E-state index contributed by atoms with van der Waals surface area (Å²) in [6, 6.07) is 11.0. The highest BCUT2D eigenvalue weighted by atomic mass is 16.8. The molecule has 10 N–H and O–H groups in total. The fourth-order valence-electron chi connectivity index (χ4n) is 5.87. The SMILES string of the molecule is CC1OC(OC2C(Oc3c(-c4ccc(O)c(O)c4)oc4cc(O)cc(O)c4c3=O)OC(COC(=O)C=Cc3ccc(O)cc3)C(O)C2O)C(O)C(O)C1O. The summed E-state index contributed by atoms with van der Waals surface area (Å²) in [6.45, 7) is 0.649. The van der Waals surface area contributed by atoms with Gasteiger partial charge in [0.05, 0.1) is 6.10 Å². The van der Waals surface area contributed by atoms with E-state index in [-0.39, 0.29) is 16.9 Å². The van der Waals surface area contributed by atoms with Gasteiger partial charge in [-0.2, -0.15) is 0 Å². The first-order valence-electron chi connectivity index (χ1n) is 16.3. The lowest BCUT2D eigenvalue weighted by atomic mass is 9.97. The van der Waals surface area contributed by atoms with E-state index in [9.17, 15) is 60.7 Å². The van der Waals surface area contributed by atoms with E-state index in [1.165, 1.54) is 43.3 Å². The third kappa shape index (κ3) is 7.77. The van der Waals surface area contributed by atoms with Gasteiger partial charge in [-0.25, -0.2) is 4.79 Å². The van der Waals surface area contributed by atoms with Gasteiger partial charge in [0.2, 0.25) is 17.5 Å². The first kappa shape index (κ1) is 38.3. The summed E-state index contributed by atoms with van der Waals surface area (Å²) < 4.78 is 34.3. The lowest BCUT2D eigenvalue weighted by molar-refractivity contribution is -0.354. The van der Waals surface area contributed by atoms with Crippen LogP contribution in [0.4, 0.5) is 0 Å². The van der Waals surface area contributed by atoms with E-state index in [0.29, 0.717) is 5.56 Å². The van der Waals surface area contributed by atoms with E-state index in [2.05, 4.69) is 0 Å². The number of benzene rings is 3. The minimum absolute atomic E-state index is 0.00881. The molecule has 2 aliphatic rings. The largest absolute Gasteiger partial charge is 0.508 e. The predicted molar refractivity (Wildman–Crippen MR) is 181 cm³/mol. The fourth-order valence-corrected chi connectivity index (χ4v) is 5.87. The number of aliphatic hydroxyl groups is 5. The van der Waals surface area contributed by atoms with Crippen molar-refractivity contribution in [1.29, 1.82) is 0 Å². The van der Waals surface area contributed by atoms with E-state index < -0.39 is 119 Å². The van der Waals surface area contributed by atoms with Crippen molar-refractivity contribution in [3.8, 4) is 45.8 Å². The Hall–Kier alpha value is -5.44. The zero-order chi connectivity index (χ0) is 39.0. The molecule has 0 bridgehead atoms. The van der Waals surface area contributed by atoms with Gasteiger partial charge in [0.25, 0.3) is 0 Å². The molecule has 1 aromatic heterocycles. The number of esters is 1. The lowest BCUT2D eigenvalue weighted by Gasteiger charge is -2.45. The average molecular weight is 757 g/mol. The van der Waals surface area contributed by atoms with E-state index in [1.54, 1.807) is 0 Å². The van der Waals surface area contributed by atoms with E-state index in [1.807, 2.05) is 0 Å². The number of aromatic hydroxyl groups is 5. The fraction of sp³-hybridized carbons (Fsp3) is 0.333.